The molecule has 3 rings (SSSR count). The zero-order valence-electron chi connectivity index (χ0n) is 13.6. The Morgan fingerprint density at radius 3 is 2.85 bits per heavy atom. The molecule has 3 heterocycles. The van der Waals surface area contributed by atoms with Crippen molar-refractivity contribution in [3.63, 3.8) is 0 Å². The molecule has 0 aromatic carbocycles. The maximum atomic E-state index is 12.2. The van der Waals surface area contributed by atoms with Crippen molar-refractivity contribution in [2.24, 2.45) is 5.73 Å². The van der Waals surface area contributed by atoms with E-state index in [2.05, 4.69) is 20.6 Å². The molecule has 3 aromatic rings. The second kappa shape index (κ2) is 7.23. The van der Waals surface area contributed by atoms with Crippen molar-refractivity contribution in [2.75, 3.05) is 5.32 Å². The Balaban J connectivity index is 1.61. The van der Waals surface area contributed by atoms with Gasteiger partial charge in [-0.3, -0.25) is 14.4 Å². The van der Waals surface area contributed by atoms with Crippen LogP contribution in [0.5, 0.6) is 0 Å². The molecule has 0 bridgehead atoms. The molecule has 0 radical (unpaired) electrons. The van der Waals surface area contributed by atoms with Gasteiger partial charge in [-0.1, -0.05) is 0 Å². The van der Waals surface area contributed by atoms with Gasteiger partial charge in [0.15, 0.2) is 10.9 Å². The number of carbonyl (C=O) groups excluding carboxylic acids is 3. The van der Waals surface area contributed by atoms with Crippen LogP contribution in [0.25, 0.3) is 11.3 Å². The molecular weight excluding hydrogens is 358 g/mol. The summed E-state index contributed by atoms with van der Waals surface area (Å²) in [5.41, 5.74) is 6.73. The molecule has 0 saturated carbocycles. The third-order valence-corrected chi connectivity index (χ3v) is 4.22. The van der Waals surface area contributed by atoms with Crippen molar-refractivity contribution in [2.45, 2.75) is 13.0 Å². The minimum atomic E-state index is -0.784. The number of furan rings is 1. The fraction of sp³-hybridized carbons (Fsp3) is 0.125. The smallest absolute Gasteiger partial charge is 0.287 e. The number of aromatic nitrogens is 2. The molecule has 0 aliphatic rings. The molecule has 134 valence electrons. The summed E-state index contributed by atoms with van der Waals surface area (Å²) < 4.78 is 4.98. The molecule has 9 nitrogen and oxygen atoms in total. The Kier molecular flexibility index (Phi) is 4.85. The standard InChI is InChI=1S/C16H15N5O4S/c1-8(19-15(24)12-3-2-4-25-12)14(23)21-16-20-11(7-26-16)9-5-10(13(17)22)18-6-9/h2-8,18H,1H3,(H2,17,22)(H,19,24)(H,20,21,23). The van der Waals surface area contributed by atoms with Crippen LogP contribution >= 0.6 is 11.3 Å². The van der Waals surface area contributed by atoms with Gasteiger partial charge in [-0.2, -0.15) is 0 Å². The van der Waals surface area contributed by atoms with Crippen molar-refractivity contribution >= 4 is 34.2 Å². The topological polar surface area (TPSA) is 143 Å². The summed E-state index contributed by atoms with van der Waals surface area (Å²) in [7, 11) is 0. The first-order chi connectivity index (χ1) is 12.4. The third kappa shape index (κ3) is 3.81. The van der Waals surface area contributed by atoms with Gasteiger partial charge in [-0.15, -0.1) is 11.3 Å². The lowest BCUT2D eigenvalue weighted by atomic mass is 10.2. The quantitative estimate of drug-likeness (QED) is 0.519. The number of thiazole rings is 1. The molecule has 5 N–H and O–H groups in total. The number of hydrogen-bond donors (Lipinski definition) is 4. The SMILES string of the molecule is CC(NC(=O)c1ccco1)C(=O)Nc1nc(-c2c[nH]c(C(N)=O)c2)cs1. The second-order valence-electron chi connectivity index (χ2n) is 5.37. The minimum Gasteiger partial charge on any atom is -0.459 e. The van der Waals surface area contributed by atoms with E-state index in [1.54, 1.807) is 30.6 Å². The summed E-state index contributed by atoms with van der Waals surface area (Å²) in [6, 6.07) is 3.88. The fourth-order valence-corrected chi connectivity index (χ4v) is 2.83. The lowest BCUT2D eigenvalue weighted by Crippen LogP contribution is -2.41. The van der Waals surface area contributed by atoms with Crippen LogP contribution < -0.4 is 16.4 Å². The van der Waals surface area contributed by atoms with Gasteiger partial charge in [0.25, 0.3) is 11.8 Å². The van der Waals surface area contributed by atoms with Crippen molar-refractivity contribution in [3.8, 4) is 11.3 Å². The number of primary amides is 1. The summed E-state index contributed by atoms with van der Waals surface area (Å²) >= 11 is 1.22. The van der Waals surface area contributed by atoms with E-state index < -0.39 is 23.8 Å². The second-order valence-corrected chi connectivity index (χ2v) is 6.22. The number of rotatable bonds is 6. The largest absolute Gasteiger partial charge is 0.459 e. The number of nitrogens with zero attached hydrogens (tertiary/aromatic N) is 1. The van der Waals surface area contributed by atoms with Crippen LogP contribution in [0.4, 0.5) is 5.13 Å². The molecule has 0 spiro atoms. The van der Waals surface area contributed by atoms with Gasteiger partial charge in [0.1, 0.15) is 11.7 Å². The molecule has 0 saturated heterocycles. The molecule has 0 aliphatic heterocycles. The normalized spacial score (nSPS) is 11.7. The predicted octanol–water partition coefficient (Wildman–Crippen LogP) is 1.59. The number of H-pyrrole nitrogens is 1. The third-order valence-electron chi connectivity index (χ3n) is 3.46. The summed E-state index contributed by atoms with van der Waals surface area (Å²) in [5.74, 6) is -1.35. The summed E-state index contributed by atoms with van der Waals surface area (Å²) in [5, 5.41) is 7.26. The Morgan fingerprint density at radius 2 is 2.19 bits per heavy atom. The van der Waals surface area contributed by atoms with E-state index in [0.717, 1.165) is 0 Å². The van der Waals surface area contributed by atoms with Crippen molar-refractivity contribution < 1.29 is 18.8 Å². The van der Waals surface area contributed by atoms with Crippen LogP contribution in [0.3, 0.4) is 0 Å². The zero-order chi connectivity index (χ0) is 18.7. The van der Waals surface area contributed by atoms with Crippen molar-refractivity contribution in [1.29, 1.82) is 0 Å². The maximum absolute atomic E-state index is 12.2. The van der Waals surface area contributed by atoms with E-state index in [1.807, 2.05) is 0 Å². The highest BCUT2D eigenvalue weighted by atomic mass is 32.1. The van der Waals surface area contributed by atoms with Crippen molar-refractivity contribution in [1.82, 2.24) is 15.3 Å². The van der Waals surface area contributed by atoms with Gasteiger partial charge in [-0.05, 0) is 25.1 Å². The average molecular weight is 373 g/mol. The molecule has 26 heavy (non-hydrogen) atoms. The van der Waals surface area contributed by atoms with E-state index in [9.17, 15) is 14.4 Å². The first kappa shape index (κ1) is 17.4. The summed E-state index contributed by atoms with van der Waals surface area (Å²) in [4.78, 5) is 42.2. The minimum absolute atomic E-state index is 0.124. The van der Waals surface area contributed by atoms with Crippen molar-refractivity contribution in [3.05, 3.63) is 47.5 Å². The van der Waals surface area contributed by atoms with E-state index in [0.29, 0.717) is 16.4 Å². The number of nitrogens with two attached hydrogens (primary N) is 1. The van der Waals surface area contributed by atoms with Gasteiger partial charge in [-0.25, -0.2) is 4.98 Å². The lowest BCUT2D eigenvalue weighted by Gasteiger charge is -2.11. The zero-order valence-corrected chi connectivity index (χ0v) is 14.4. The van der Waals surface area contributed by atoms with Gasteiger partial charge in [0, 0.05) is 17.1 Å². The van der Waals surface area contributed by atoms with Gasteiger partial charge >= 0.3 is 0 Å². The Hall–Kier alpha value is -3.40. The number of amides is 3. The summed E-state index contributed by atoms with van der Waals surface area (Å²) in [6.45, 7) is 1.55. The molecule has 1 atom stereocenters. The van der Waals surface area contributed by atoms with Gasteiger partial charge in [0.2, 0.25) is 5.91 Å². The van der Waals surface area contributed by atoms with E-state index in [-0.39, 0.29) is 11.5 Å². The number of nitrogens with one attached hydrogen (secondary N) is 3. The average Bonchev–Trinajstić information content (AvgIpc) is 3.34. The molecular formula is C16H15N5O4S. The van der Waals surface area contributed by atoms with Crippen LogP contribution in [0, 0.1) is 0 Å². The number of aromatic amines is 1. The molecule has 3 aromatic heterocycles. The molecule has 0 fully saturated rings. The number of carbonyl (C=O) groups is 3. The Bertz CT molecular complexity index is 944. The summed E-state index contributed by atoms with van der Waals surface area (Å²) in [6.07, 6.45) is 2.98. The molecule has 10 heteroatoms. The lowest BCUT2D eigenvalue weighted by molar-refractivity contribution is -0.117. The van der Waals surface area contributed by atoms with Crippen LogP contribution in [-0.2, 0) is 4.79 Å². The highest BCUT2D eigenvalue weighted by molar-refractivity contribution is 7.14. The Morgan fingerprint density at radius 1 is 1.38 bits per heavy atom. The van der Waals surface area contributed by atoms with Gasteiger partial charge < -0.3 is 25.8 Å². The van der Waals surface area contributed by atoms with E-state index >= 15 is 0 Å². The molecule has 1 unspecified atom stereocenters. The highest BCUT2D eigenvalue weighted by Gasteiger charge is 2.19. The van der Waals surface area contributed by atoms with Crippen LogP contribution in [-0.4, -0.2) is 33.7 Å². The predicted molar refractivity (Wildman–Crippen MR) is 94.7 cm³/mol. The fourth-order valence-electron chi connectivity index (χ4n) is 2.10. The van der Waals surface area contributed by atoms with E-state index in [4.69, 9.17) is 10.2 Å². The van der Waals surface area contributed by atoms with E-state index in [1.165, 1.54) is 23.7 Å². The number of anilines is 1. The van der Waals surface area contributed by atoms with Crippen LogP contribution in [0.1, 0.15) is 28.0 Å². The first-order valence-corrected chi connectivity index (χ1v) is 8.41. The molecule has 0 aliphatic carbocycles. The maximum Gasteiger partial charge on any atom is 0.287 e. The van der Waals surface area contributed by atoms with Gasteiger partial charge in [0.05, 0.1) is 12.0 Å². The number of hydrogen-bond acceptors (Lipinski definition) is 6. The first-order valence-electron chi connectivity index (χ1n) is 7.53. The monoisotopic (exact) mass is 373 g/mol. The van der Waals surface area contributed by atoms with Crippen LogP contribution in [0.2, 0.25) is 0 Å². The Labute approximate surface area is 151 Å². The highest BCUT2D eigenvalue weighted by Crippen LogP contribution is 2.25. The van der Waals surface area contributed by atoms with Crippen LogP contribution in [0.15, 0.2) is 40.5 Å². The molecule has 3 amide bonds.